The van der Waals surface area contributed by atoms with E-state index in [1.54, 1.807) is 6.07 Å². The van der Waals surface area contributed by atoms with E-state index in [-0.39, 0.29) is 11.3 Å². The average molecular weight is 247 g/mol. The first-order valence-corrected chi connectivity index (χ1v) is 4.03. The number of aromatic carboxylic acids is 1. The van der Waals surface area contributed by atoms with Gasteiger partial charge in [-0.3, -0.25) is 0 Å². The number of ether oxygens (including phenoxy) is 1. The number of rotatable bonds is 3. The van der Waals surface area contributed by atoms with Gasteiger partial charge < -0.3 is 13.7 Å². The molecule has 0 saturated carbocycles. The normalized spacial score (nSPS) is 9.38. The first kappa shape index (κ1) is 9.85. The fourth-order valence-corrected chi connectivity index (χ4v) is 1.14. The van der Waals surface area contributed by atoms with Crippen molar-refractivity contribution in [2.24, 2.45) is 0 Å². The zero-order valence-corrected chi connectivity index (χ0v) is 8.37. The van der Waals surface area contributed by atoms with E-state index in [2.05, 4.69) is 16.3 Å². The van der Waals surface area contributed by atoms with Crippen molar-refractivity contribution in [1.82, 2.24) is 0 Å². The minimum absolute atomic E-state index is 0.0812. The molecule has 0 fully saturated rings. The Labute approximate surface area is 83.5 Å². The Hall–Kier alpha value is -1.23. The lowest BCUT2D eigenvalue weighted by atomic mass is 10.2. The summed E-state index contributed by atoms with van der Waals surface area (Å²) < 4.78 is 9.60. The molecule has 0 aliphatic carbocycles. The number of halogens is 1. The molecule has 0 spiro atoms. The molecule has 0 aliphatic rings. The van der Waals surface area contributed by atoms with Crippen LogP contribution in [0.1, 0.15) is 10.4 Å². The van der Waals surface area contributed by atoms with Gasteiger partial charge in [0.2, 0.25) is 0 Å². The number of methoxy groups -OCH3 is 1. The second kappa shape index (κ2) is 4.13. The molecule has 4 nitrogen and oxygen atoms in total. The monoisotopic (exact) mass is 246 g/mol. The molecule has 0 radical (unpaired) electrons. The Balaban J connectivity index is 3.15. The number of hydrogen-bond donors (Lipinski definition) is 1. The van der Waals surface area contributed by atoms with Crippen LogP contribution in [0.4, 0.5) is 0 Å². The average Bonchev–Trinajstić information content (AvgIpc) is 2.16. The fraction of sp³-hybridized carbons (Fsp3) is 0.125. The summed E-state index contributed by atoms with van der Waals surface area (Å²) in [6, 6.07) is 4.45. The van der Waals surface area contributed by atoms with Crippen LogP contribution in [0.2, 0.25) is 0 Å². The highest BCUT2D eigenvalue weighted by Gasteiger charge is 2.11. The summed E-state index contributed by atoms with van der Waals surface area (Å²) in [5.41, 5.74) is 0.0812. The second-order valence-electron chi connectivity index (χ2n) is 2.24. The highest BCUT2D eigenvalue weighted by Crippen LogP contribution is 2.25. The quantitative estimate of drug-likeness (QED) is 0.888. The maximum atomic E-state index is 10.6. The third-order valence-corrected chi connectivity index (χ3v) is 1.85. The lowest BCUT2D eigenvalue weighted by Gasteiger charge is -2.04. The van der Waals surface area contributed by atoms with Gasteiger partial charge in [0.15, 0.2) is 22.0 Å². The summed E-state index contributed by atoms with van der Waals surface area (Å²) in [5.74, 6) is -0.289. The molecular weight excluding hydrogens is 240 g/mol. The van der Waals surface area contributed by atoms with E-state index in [9.17, 15) is 4.79 Å². The summed E-state index contributed by atoms with van der Waals surface area (Å²) >= 11 is 2.72. The van der Waals surface area contributed by atoms with Crippen molar-refractivity contribution in [1.29, 1.82) is 0 Å². The van der Waals surface area contributed by atoms with E-state index in [1.165, 1.54) is 19.2 Å². The van der Waals surface area contributed by atoms with Crippen LogP contribution in [-0.4, -0.2) is 18.2 Å². The minimum Gasteiger partial charge on any atom is -0.497 e. The Kier molecular flexibility index (Phi) is 3.13. The van der Waals surface area contributed by atoms with Crippen molar-refractivity contribution in [2.75, 3.05) is 7.11 Å². The standard InChI is InChI=1S/C8H7BrO4/c1-12-5-2-3-6(8(10)11)7(4-5)13-9/h2-4H,1H3,(H,10,11). The zero-order chi connectivity index (χ0) is 9.84. The van der Waals surface area contributed by atoms with E-state index in [1.807, 2.05) is 0 Å². The van der Waals surface area contributed by atoms with Crippen molar-refractivity contribution >= 4 is 22.2 Å². The predicted molar refractivity (Wildman–Crippen MR) is 49.5 cm³/mol. The van der Waals surface area contributed by atoms with Gasteiger partial charge in [-0.25, -0.2) is 4.79 Å². The van der Waals surface area contributed by atoms with Crippen molar-refractivity contribution < 1.29 is 18.5 Å². The van der Waals surface area contributed by atoms with Crippen LogP contribution in [0, 0.1) is 0 Å². The SMILES string of the molecule is COc1ccc(C(=O)O)c(OBr)c1. The van der Waals surface area contributed by atoms with E-state index in [4.69, 9.17) is 13.7 Å². The molecule has 0 atom stereocenters. The highest BCUT2D eigenvalue weighted by atomic mass is 79.9. The first-order valence-electron chi connectivity index (χ1n) is 3.39. The number of carboxylic acids is 1. The van der Waals surface area contributed by atoms with Crippen molar-refractivity contribution in [2.45, 2.75) is 0 Å². The lowest BCUT2D eigenvalue weighted by Crippen LogP contribution is -1.98. The molecule has 0 heterocycles. The molecule has 0 aromatic heterocycles. The first-order chi connectivity index (χ1) is 6.19. The third kappa shape index (κ3) is 2.12. The topological polar surface area (TPSA) is 55.8 Å². The third-order valence-electron chi connectivity index (χ3n) is 1.50. The van der Waals surface area contributed by atoms with Crippen LogP contribution in [0.5, 0.6) is 11.5 Å². The Morgan fingerprint density at radius 2 is 2.23 bits per heavy atom. The summed E-state index contributed by atoms with van der Waals surface area (Å²) in [6.45, 7) is 0. The molecule has 70 valence electrons. The second-order valence-corrected chi connectivity index (χ2v) is 2.57. The molecule has 0 aliphatic heterocycles. The Bertz CT molecular complexity index is 324. The van der Waals surface area contributed by atoms with Crippen LogP contribution < -0.4 is 8.57 Å². The maximum absolute atomic E-state index is 10.6. The maximum Gasteiger partial charge on any atom is 0.339 e. The van der Waals surface area contributed by atoms with Gasteiger partial charge in [0, 0.05) is 6.07 Å². The molecule has 1 rings (SSSR count). The summed E-state index contributed by atoms with van der Waals surface area (Å²) in [7, 11) is 1.49. The van der Waals surface area contributed by atoms with Crippen LogP contribution >= 0.6 is 16.3 Å². The molecule has 5 heteroatoms. The van der Waals surface area contributed by atoms with Crippen LogP contribution in [0.25, 0.3) is 0 Å². The van der Waals surface area contributed by atoms with Crippen molar-refractivity contribution in [3.8, 4) is 11.5 Å². The molecular formula is C8H7BrO4. The van der Waals surface area contributed by atoms with E-state index >= 15 is 0 Å². The molecule has 1 aromatic carbocycles. The highest BCUT2D eigenvalue weighted by molar-refractivity contribution is 9.06. The number of hydrogen-bond acceptors (Lipinski definition) is 3. The Morgan fingerprint density at radius 1 is 1.54 bits per heavy atom. The van der Waals surface area contributed by atoms with Gasteiger partial charge in [-0.15, -0.1) is 0 Å². The molecule has 0 bridgehead atoms. The minimum atomic E-state index is -1.04. The molecule has 0 unspecified atom stereocenters. The number of carboxylic acid groups (broad SMARTS) is 1. The number of benzene rings is 1. The van der Waals surface area contributed by atoms with E-state index in [0.29, 0.717) is 5.75 Å². The fourth-order valence-electron chi connectivity index (χ4n) is 0.870. The molecule has 13 heavy (non-hydrogen) atoms. The Morgan fingerprint density at radius 3 is 2.69 bits per heavy atom. The van der Waals surface area contributed by atoms with Gasteiger partial charge in [-0.1, -0.05) is 0 Å². The van der Waals surface area contributed by atoms with Gasteiger partial charge >= 0.3 is 5.97 Å². The van der Waals surface area contributed by atoms with Gasteiger partial charge in [0.25, 0.3) is 0 Å². The van der Waals surface area contributed by atoms with E-state index in [0.717, 1.165) is 0 Å². The largest absolute Gasteiger partial charge is 0.497 e. The van der Waals surface area contributed by atoms with Crippen LogP contribution in [0.3, 0.4) is 0 Å². The molecule has 1 N–H and O–H groups in total. The summed E-state index contributed by atoms with van der Waals surface area (Å²) in [6.07, 6.45) is 0. The predicted octanol–water partition coefficient (Wildman–Crippen LogP) is 2.08. The zero-order valence-electron chi connectivity index (χ0n) is 6.78. The smallest absolute Gasteiger partial charge is 0.339 e. The molecule has 1 aromatic rings. The number of carbonyl (C=O) groups is 1. The lowest BCUT2D eigenvalue weighted by molar-refractivity contribution is 0.0695. The molecule has 0 saturated heterocycles. The van der Waals surface area contributed by atoms with Crippen LogP contribution in [-0.2, 0) is 0 Å². The van der Waals surface area contributed by atoms with Crippen LogP contribution in [0.15, 0.2) is 18.2 Å². The van der Waals surface area contributed by atoms with E-state index < -0.39 is 5.97 Å². The molecule has 0 amide bonds. The van der Waals surface area contributed by atoms with Gasteiger partial charge in [0.05, 0.1) is 7.11 Å². The van der Waals surface area contributed by atoms with Gasteiger partial charge in [0.1, 0.15) is 11.3 Å². The van der Waals surface area contributed by atoms with Crippen molar-refractivity contribution in [3.05, 3.63) is 23.8 Å². The van der Waals surface area contributed by atoms with Gasteiger partial charge in [-0.2, -0.15) is 0 Å². The van der Waals surface area contributed by atoms with Crippen molar-refractivity contribution in [3.63, 3.8) is 0 Å². The van der Waals surface area contributed by atoms with Gasteiger partial charge in [-0.05, 0) is 12.1 Å². The summed E-state index contributed by atoms with van der Waals surface area (Å²) in [5, 5.41) is 8.72. The summed E-state index contributed by atoms with van der Waals surface area (Å²) in [4.78, 5) is 10.6.